The predicted octanol–water partition coefficient (Wildman–Crippen LogP) is 2.14. The molecule has 0 saturated heterocycles. The van der Waals surface area contributed by atoms with Crippen LogP contribution in [0, 0.1) is 0 Å². The van der Waals surface area contributed by atoms with Crippen molar-refractivity contribution in [3.05, 3.63) is 52.8 Å². The van der Waals surface area contributed by atoms with Gasteiger partial charge in [0.25, 0.3) is 0 Å². The van der Waals surface area contributed by atoms with Crippen LogP contribution in [0.4, 0.5) is 5.69 Å². The van der Waals surface area contributed by atoms with Gasteiger partial charge in [-0.05, 0) is 11.6 Å². The van der Waals surface area contributed by atoms with E-state index in [1.165, 1.54) is 0 Å². The average molecular weight is 271 g/mol. The monoisotopic (exact) mass is 271 g/mol. The maximum Gasteiger partial charge on any atom is 0.417 e. The molecule has 6 heteroatoms. The summed E-state index contributed by atoms with van der Waals surface area (Å²) >= 11 is 0. The first kappa shape index (κ1) is 12.3. The van der Waals surface area contributed by atoms with E-state index in [2.05, 4.69) is 15.3 Å². The number of pyridine rings is 1. The normalized spacial score (nSPS) is 10.7. The van der Waals surface area contributed by atoms with Crippen molar-refractivity contribution in [2.24, 2.45) is 0 Å². The van der Waals surface area contributed by atoms with Crippen LogP contribution >= 0.6 is 0 Å². The highest BCUT2D eigenvalue weighted by atomic mass is 16.5. The number of H-pyrrole nitrogens is 1. The minimum atomic E-state index is -0.480. The fourth-order valence-electron chi connectivity index (χ4n) is 1.98. The number of benzene rings is 1. The molecule has 0 atom stereocenters. The lowest BCUT2D eigenvalue weighted by Crippen LogP contribution is -2.01. The highest BCUT2D eigenvalue weighted by Crippen LogP contribution is 2.29. The van der Waals surface area contributed by atoms with E-state index in [1.54, 1.807) is 31.6 Å². The van der Waals surface area contributed by atoms with Crippen molar-refractivity contribution in [3.8, 4) is 5.75 Å². The van der Waals surface area contributed by atoms with Crippen LogP contribution < -0.4 is 15.8 Å². The molecular weight excluding hydrogens is 258 g/mol. The summed E-state index contributed by atoms with van der Waals surface area (Å²) in [6.07, 6.45) is 3.51. The van der Waals surface area contributed by atoms with Crippen molar-refractivity contribution < 1.29 is 9.15 Å². The average Bonchev–Trinajstić information content (AvgIpc) is 2.84. The second-order valence-corrected chi connectivity index (χ2v) is 4.28. The molecule has 0 radical (unpaired) electrons. The predicted molar refractivity (Wildman–Crippen MR) is 75.0 cm³/mol. The minimum Gasteiger partial charge on any atom is -0.495 e. The number of rotatable bonds is 4. The Hall–Kier alpha value is -2.76. The van der Waals surface area contributed by atoms with E-state index in [0.717, 1.165) is 11.3 Å². The van der Waals surface area contributed by atoms with Gasteiger partial charge in [0.15, 0.2) is 5.58 Å². The molecule has 102 valence electrons. The van der Waals surface area contributed by atoms with Crippen molar-refractivity contribution in [2.45, 2.75) is 6.54 Å². The molecule has 0 bridgehead atoms. The third-order valence-electron chi connectivity index (χ3n) is 2.95. The van der Waals surface area contributed by atoms with Gasteiger partial charge in [0.2, 0.25) is 0 Å². The van der Waals surface area contributed by atoms with Crippen LogP contribution in [0.1, 0.15) is 5.56 Å². The lowest BCUT2D eigenvalue weighted by Gasteiger charge is -2.10. The van der Waals surface area contributed by atoms with E-state index < -0.39 is 5.76 Å². The number of nitrogens with one attached hydrogen (secondary N) is 2. The highest BCUT2D eigenvalue weighted by molar-refractivity contribution is 5.81. The first-order valence-corrected chi connectivity index (χ1v) is 6.10. The molecule has 2 N–H and O–H groups in total. The van der Waals surface area contributed by atoms with Gasteiger partial charge < -0.3 is 14.5 Å². The van der Waals surface area contributed by atoms with Gasteiger partial charge in [0.05, 0.1) is 18.3 Å². The Kier molecular flexibility index (Phi) is 3.12. The molecule has 2 heterocycles. The largest absolute Gasteiger partial charge is 0.495 e. The van der Waals surface area contributed by atoms with Crippen molar-refractivity contribution >= 4 is 16.8 Å². The van der Waals surface area contributed by atoms with Gasteiger partial charge in [-0.15, -0.1) is 0 Å². The molecule has 0 spiro atoms. The van der Waals surface area contributed by atoms with E-state index >= 15 is 0 Å². The number of nitrogens with zero attached hydrogens (tertiary/aromatic N) is 1. The number of oxazole rings is 1. The number of aromatic amines is 1. The first-order chi connectivity index (χ1) is 9.76. The van der Waals surface area contributed by atoms with Crippen LogP contribution in [-0.2, 0) is 6.54 Å². The fraction of sp³-hybridized carbons (Fsp3) is 0.143. The summed E-state index contributed by atoms with van der Waals surface area (Å²) in [6, 6.07) is 7.32. The lowest BCUT2D eigenvalue weighted by atomic mass is 10.2. The number of ether oxygens (including phenoxy) is 1. The molecule has 20 heavy (non-hydrogen) atoms. The van der Waals surface area contributed by atoms with Gasteiger partial charge in [-0.1, -0.05) is 6.07 Å². The second-order valence-electron chi connectivity index (χ2n) is 4.28. The lowest BCUT2D eigenvalue weighted by molar-refractivity contribution is 0.417. The topological polar surface area (TPSA) is 80.2 Å². The van der Waals surface area contributed by atoms with Crippen LogP contribution in [0.2, 0.25) is 0 Å². The van der Waals surface area contributed by atoms with Gasteiger partial charge in [0, 0.05) is 31.1 Å². The summed E-state index contributed by atoms with van der Waals surface area (Å²) in [4.78, 5) is 17.8. The number of fused-ring (bicyclic) bond motifs is 1. The Morgan fingerprint density at radius 1 is 1.45 bits per heavy atom. The molecule has 2 aromatic heterocycles. The highest BCUT2D eigenvalue weighted by Gasteiger charge is 2.09. The van der Waals surface area contributed by atoms with E-state index in [-0.39, 0.29) is 0 Å². The molecule has 0 saturated carbocycles. The summed E-state index contributed by atoms with van der Waals surface area (Å²) in [5.41, 5.74) is 2.90. The summed E-state index contributed by atoms with van der Waals surface area (Å²) in [5, 5.41) is 3.24. The molecular formula is C14H13N3O3. The van der Waals surface area contributed by atoms with Crippen molar-refractivity contribution in [3.63, 3.8) is 0 Å². The van der Waals surface area contributed by atoms with Gasteiger partial charge in [-0.3, -0.25) is 9.97 Å². The Bertz CT molecular complexity index is 777. The van der Waals surface area contributed by atoms with Crippen LogP contribution in [0.5, 0.6) is 5.75 Å². The fourth-order valence-corrected chi connectivity index (χ4v) is 1.98. The molecule has 6 nitrogen and oxygen atoms in total. The van der Waals surface area contributed by atoms with Crippen molar-refractivity contribution in [1.82, 2.24) is 9.97 Å². The number of anilines is 1. The van der Waals surface area contributed by atoms with E-state index in [0.29, 0.717) is 23.4 Å². The number of methoxy groups -OCH3 is 1. The summed E-state index contributed by atoms with van der Waals surface area (Å²) in [5.74, 6) is 0.157. The van der Waals surface area contributed by atoms with Crippen LogP contribution in [0.25, 0.3) is 11.1 Å². The zero-order chi connectivity index (χ0) is 13.9. The Morgan fingerprint density at radius 2 is 2.35 bits per heavy atom. The first-order valence-electron chi connectivity index (χ1n) is 6.10. The van der Waals surface area contributed by atoms with Crippen molar-refractivity contribution in [2.75, 3.05) is 12.4 Å². The number of aromatic nitrogens is 2. The standard InChI is InChI=1S/C14H13N3O3/c1-19-12-6-11-13(20-14(18)17-11)5-10(12)16-8-9-3-2-4-15-7-9/h2-7,16H,8H2,1H3,(H,17,18). The summed E-state index contributed by atoms with van der Waals surface area (Å²) < 4.78 is 10.4. The quantitative estimate of drug-likeness (QED) is 0.760. The minimum absolute atomic E-state index is 0.480. The SMILES string of the molecule is COc1cc2[nH]c(=O)oc2cc1NCc1cccnc1. The van der Waals surface area contributed by atoms with Crippen LogP contribution in [-0.4, -0.2) is 17.1 Å². The van der Waals surface area contributed by atoms with E-state index in [4.69, 9.17) is 9.15 Å². The molecule has 3 aromatic rings. The zero-order valence-corrected chi connectivity index (χ0v) is 10.8. The zero-order valence-electron chi connectivity index (χ0n) is 10.8. The van der Waals surface area contributed by atoms with E-state index in [9.17, 15) is 4.79 Å². The van der Waals surface area contributed by atoms with Gasteiger partial charge in [-0.2, -0.15) is 0 Å². The van der Waals surface area contributed by atoms with Gasteiger partial charge in [0.1, 0.15) is 5.75 Å². The third kappa shape index (κ3) is 2.35. The summed E-state index contributed by atoms with van der Waals surface area (Å²) in [6.45, 7) is 0.602. The smallest absolute Gasteiger partial charge is 0.417 e. The molecule has 0 unspecified atom stereocenters. The Balaban J connectivity index is 1.91. The van der Waals surface area contributed by atoms with Gasteiger partial charge >= 0.3 is 5.76 Å². The van der Waals surface area contributed by atoms with Crippen LogP contribution in [0.3, 0.4) is 0 Å². The molecule has 0 aliphatic heterocycles. The third-order valence-corrected chi connectivity index (χ3v) is 2.95. The molecule has 0 fully saturated rings. The Morgan fingerprint density at radius 3 is 3.10 bits per heavy atom. The van der Waals surface area contributed by atoms with Crippen molar-refractivity contribution in [1.29, 1.82) is 0 Å². The Labute approximate surface area is 114 Å². The molecule has 3 rings (SSSR count). The summed E-state index contributed by atoms with van der Waals surface area (Å²) in [7, 11) is 1.58. The van der Waals surface area contributed by atoms with Crippen LogP contribution in [0.15, 0.2) is 45.9 Å². The molecule has 0 aliphatic rings. The number of hydrogen-bond acceptors (Lipinski definition) is 5. The van der Waals surface area contributed by atoms with Gasteiger partial charge in [-0.25, -0.2) is 4.79 Å². The molecule has 0 aliphatic carbocycles. The number of hydrogen-bond donors (Lipinski definition) is 2. The second kappa shape index (κ2) is 5.08. The van der Waals surface area contributed by atoms with E-state index in [1.807, 2.05) is 12.1 Å². The maximum absolute atomic E-state index is 11.2. The molecule has 1 aromatic carbocycles. The maximum atomic E-state index is 11.2. The molecule has 0 amide bonds.